The number of anilines is 1. The third-order valence-electron chi connectivity index (χ3n) is 5.30. The van der Waals surface area contributed by atoms with Crippen LogP contribution < -0.4 is 25.1 Å². The van der Waals surface area contributed by atoms with Crippen molar-refractivity contribution in [2.45, 2.75) is 6.92 Å². The van der Waals surface area contributed by atoms with Crippen LogP contribution in [0.2, 0.25) is 0 Å². The van der Waals surface area contributed by atoms with E-state index in [0.717, 1.165) is 6.08 Å². The number of nitrogens with zero attached hydrogens (tertiary/aromatic N) is 2. The van der Waals surface area contributed by atoms with Gasteiger partial charge in [0, 0.05) is 24.8 Å². The fourth-order valence-electron chi connectivity index (χ4n) is 3.41. The highest BCUT2D eigenvalue weighted by Gasteiger charge is 2.18. The van der Waals surface area contributed by atoms with Gasteiger partial charge < -0.3 is 24.3 Å². The average molecular weight is 482 g/mol. The highest BCUT2D eigenvalue weighted by atomic mass is 16.5. The van der Waals surface area contributed by atoms with Gasteiger partial charge in [-0.2, -0.15) is 0 Å². The molecule has 0 radical (unpaired) electrons. The Hall–Kier alpha value is -4.47. The van der Waals surface area contributed by atoms with Crippen LogP contribution in [0.1, 0.15) is 11.3 Å². The number of methoxy groups -OCH3 is 3. The SMILES string of the molecule is COc1cc(OC)c(OC)cc1/C=C/C(=O)OCC(=O)Nc1c(C)n(C)n(-c2ccccc2)c1=O. The van der Waals surface area contributed by atoms with Gasteiger partial charge in [0.15, 0.2) is 18.1 Å². The van der Waals surface area contributed by atoms with Crippen molar-refractivity contribution >= 4 is 23.6 Å². The smallest absolute Gasteiger partial charge is 0.331 e. The molecule has 0 aliphatic heterocycles. The summed E-state index contributed by atoms with van der Waals surface area (Å²) in [7, 11) is 6.20. The Kier molecular flexibility index (Phi) is 7.98. The van der Waals surface area contributed by atoms with Crippen molar-refractivity contribution in [3.8, 4) is 22.9 Å². The van der Waals surface area contributed by atoms with E-state index in [4.69, 9.17) is 18.9 Å². The van der Waals surface area contributed by atoms with Crippen molar-refractivity contribution in [2.75, 3.05) is 33.3 Å². The predicted octanol–water partition coefficient (Wildman–Crippen LogP) is 2.71. The molecule has 2 aromatic carbocycles. The molecule has 0 fully saturated rings. The van der Waals surface area contributed by atoms with Crippen LogP contribution in [0.4, 0.5) is 5.69 Å². The first-order valence-electron chi connectivity index (χ1n) is 10.6. The maximum atomic E-state index is 12.9. The van der Waals surface area contributed by atoms with E-state index >= 15 is 0 Å². The van der Waals surface area contributed by atoms with Gasteiger partial charge in [-0.1, -0.05) is 18.2 Å². The Balaban J connectivity index is 1.67. The maximum absolute atomic E-state index is 12.9. The van der Waals surface area contributed by atoms with E-state index in [9.17, 15) is 14.4 Å². The summed E-state index contributed by atoms with van der Waals surface area (Å²) in [5, 5.41) is 2.54. The minimum absolute atomic E-state index is 0.114. The number of nitrogens with one attached hydrogen (secondary N) is 1. The molecule has 0 atom stereocenters. The number of rotatable bonds is 9. The number of para-hydroxylation sites is 1. The summed E-state index contributed by atoms with van der Waals surface area (Å²) in [6.07, 6.45) is 2.63. The number of amides is 1. The monoisotopic (exact) mass is 481 g/mol. The zero-order valence-electron chi connectivity index (χ0n) is 20.2. The number of benzene rings is 2. The standard InChI is InChI=1S/C25H27N3O7/c1-16-24(25(31)28(27(16)2)18-9-7-6-8-10-18)26-22(29)15-35-23(30)12-11-17-13-20(33-4)21(34-5)14-19(17)32-3/h6-14H,15H2,1-5H3,(H,26,29)/b12-11+. The molecule has 1 aromatic heterocycles. The molecular formula is C25H27N3O7. The Morgan fingerprint density at radius 2 is 1.60 bits per heavy atom. The van der Waals surface area contributed by atoms with E-state index in [0.29, 0.717) is 34.2 Å². The van der Waals surface area contributed by atoms with Crippen LogP contribution in [-0.4, -0.2) is 49.2 Å². The molecule has 1 heterocycles. The van der Waals surface area contributed by atoms with E-state index in [2.05, 4.69) is 5.32 Å². The lowest BCUT2D eigenvalue weighted by molar-refractivity contribution is -0.142. The second-order valence-corrected chi connectivity index (χ2v) is 7.37. The van der Waals surface area contributed by atoms with Gasteiger partial charge in [-0.05, 0) is 31.2 Å². The highest BCUT2D eigenvalue weighted by Crippen LogP contribution is 2.35. The normalized spacial score (nSPS) is 10.8. The van der Waals surface area contributed by atoms with Crippen molar-refractivity contribution < 1.29 is 28.5 Å². The third-order valence-corrected chi connectivity index (χ3v) is 5.30. The predicted molar refractivity (Wildman–Crippen MR) is 130 cm³/mol. The number of hydrogen-bond acceptors (Lipinski definition) is 7. The van der Waals surface area contributed by atoms with Gasteiger partial charge >= 0.3 is 5.97 Å². The van der Waals surface area contributed by atoms with Crippen LogP contribution in [0.15, 0.2) is 53.3 Å². The van der Waals surface area contributed by atoms with Crippen LogP contribution in [0.25, 0.3) is 11.8 Å². The molecule has 0 bridgehead atoms. The van der Waals surface area contributed by atoms with Gasteiger partial charge in [0.2, 0.25) is 0 Å². The summed E-state index contributed by atoms with van der Waals surface area (Å²) in [4.78, 5) is 37.4. The van der Waals surface area contributed by atoms with E-state index in [1.165, 1.54) is 32.1 Å². The summed E-state index contributed by atoms with van der Waals surface area (Å²) in [6.45, 7) is 1.15. The van der Waals surface area contributed by atoms with Crippen molar-refractivity contribution in [1.82, 2.24) is 9.36 Å². The van der Waals surface area contributed by atoms with Gasteiger partial charge in [0.1, 0.15) is 11.4 Å². The molecule has 10 heteroatoms. The summed E-state index contributed by atoms with van der Waals surface area (Å²) in [6, 6.07) is 12.3. The van der Waals surface area contributed by atoms with Gasteiger partial charge in [0.25, 0.3) is 11.5 Å². The van der Waals surface area contributed by atoms with Gasteiger partial charge in [0.05, 0.1) is 32.7 Å². The Labute approximate surface area is 202 Å². The summed E-state index contributed by atoms with van der Waals surface area (Å²) < 4.78 is 23.9. The molecule has 0 saturated carbocycles. The zero-order chi connectivity index (χ0) is 25.5. The van der Waals surface area contributed by atoms with Crippen LogP contribution in [0.3, 0.4) is 0 Å². The molecule has 184 valence electrons. The molecule has 35 heavy (non-hydrogen) atoms. The topological polar surface area (TPSA) is 110 Å². The minimum Gasteiger partial charge on any atom is -0.496 e. The summed E-state index contributed by atoms with van der Waals surface area (Å²) in [5.41, 5.74) is 1.48. The number of carbonyl (C=O) groups is 2. The summed E-state index contributed by atoms with van der Waals surface area (Å²) in [5.74, 6) is 0.00647. The number of ether oxygens (including phenoxy) is 4. The zero-order valence-corrected chi connectivity index (χ0v) is 20.2. The first-order chi connectivity index (χ1) is 16.8. The average Bonchev–Trinajstić information content (AvgIpc) is 3.08. The quantitative estimate of drug-likeness (QED) is 0.370. The molecule has 10 nitrogen and oxygen atoms in total. The third kappa shape index (κ3) is 5.55. The van der Waals surface area contributed by atoms with Crippen LogP contribution in [0, 0.1) is 6.92 Å². The maximum Gasteiger partial charge on any atom is 0.331 e. The van der Waals surface area contributed by atoms with Gasteiger partial charge in [-0.15, -0.1) is 0 Å². The second-order valence-electron chi connectivity index (χ2n) is 7.37. The molecule has 0 aliphatic rings. The lowest BCUT2D eigenvalue weighted by Gasteiger charge is -2.12. The van der Waals surface area contributed by atoms with Crippen molar-refractivity contribution in [3.63, 3.8) is 0 Å². The van der Waals surface area contributed by atoms with Crippen LogP contribution >= 0.6 is 0 Å². The highest BCUT2D eigenvalue weighted by molar-refractivity contribution is 5.95. The van der Waals surface area contributed by atoms with Crippen molar-refractivity contribution in [2.24, 2.45) is 7.05 Å². The van der Waals surface area contributed by atoms with E-state index < -0.39 is 24.0 Å². The number of esters is 1. The minimum atomic E-state index is -0.747. The lowest BCUT2D eigenvalue weighted by atomic mass is 10.1. The molecule has 1 amide bonds. The molecule has 0 spiro atoms. The molecule has 0 saturated heterocycles. The van der Waals surface area contributed by atoms with E-state index in [-0.39, 0.29) is 5.69 Å². The number of carbonyl (C=O) groups excluding carboxylic acids is 2. The molecule has 0 aliphatic carbocycles. The lowest BCUT2D eigenvalue weighted by Crippen LogP contribution is -2.25. The molecule has 0 unspecified atom stereocenters. The van der Waals surface area contributed by atoms with Gasteiger partial charge in [-0.3, -0.25) is 14.3 Å². The van der Waals surface area contributed by atoms with Crippen LogP contribution in [-0.2, 0) is 21.4 Å². The first-order valence-corrected chi connectivity index (χ1v) is 10.6. The molecular weight excluding hydrogens is 454 g/mol. The van der Waals surface area contributed by atoms with E-state index in [1.807, 2.05) is 18.2 Å². The van der Waals surface area contributed by atoms with Crippen LogP contribution in [0.5, 0.6) is 17.2 Å². The second kappa shape index (κ2) is 11.1. The number of hydrogen-bond donors (Lipinski definition) is 1. The largest absolute Gasteiger partial charge is 0.496 e. The van der Waals surface area contributed by atoms with Crippen molar-refractivity contribution in [3.05, 3.63) is 70.2 Å². The Bertz CT molecular complexity index is 1310. The Morgan fingerprint density at radius 3 is 2.23 bits per heavy atom. The van der Waals surface area contributed by atoms with E-state index in [1.54, 1.807) is 42.9 Å². The summed E-state index contributed by atoms with van der Waals surface area (Å²) >= 11 is 0. The first kappa shape index (κ1) is 25.2. The Morgan fingerprint density at radius 1 is 0.971 bits per heavy atom. The fraction of sp³-hybridized carbons (Fsp3) is 0.240. The molecule has 1 N–H and O–H groups in total. The van der Waals surface area contributed by atoms with Crippen molar-refractivity contribution in [1.29, 1.82) is 0 Å². The number of aromatic nitrogens is 2. The molecule has 3 rings (SSSR count). The molecule has 3 aromatic rings. The fourth-order valence-corrected chi connectivity index (χ4v) is 3.41. The van der Waals surface area contributed by atoms with Gasteiger partial charge in [-0.25, -0.2) is 9.48 Å².